The van der Waals surface area contributed by atoms with E-state index in [0.717, 1.165) is 11.1 Å². The minimum absolute atomic E-state index is 0.0207. The lowest BCUT2D eigenvalue weighted by Gasteiger charge is -2.33. The molecule has 1 fully saturated rings. The number of alkyl halides is 3. The zero-order valence-electron chi connectivity index (χ0n) is 13.9. The molecule has 2 aliphatic rings. The summed E-state index contributed by atoms with van der Waals surface area (Å²) in [5, 5.41) is 15.2. The van der Waals surface area contributed by atoms with E-state index in [1.54, 1.807) is 12.1 Å². The Morgan fingerprint density at radius 3 is 2.73 bits per heavy atom. The Labute approximate surface area is 148 Å². The van der Waals surface area contributed by atoms with Crippen LogP contribution in [0.15, 0.2) is 24.3 Å². The van der Waals surface area contributed by atoms with E-state index < -0.39 is 42.8 Å². The first-order valence-electron chi connectivity index (χ1n) is 8.43. The van der Waals surface area contributed by atoms with Crippen molar-refractivity contribution in [3.63, 3.8) is 0 Å². The van der Waals surface area contributed by atoms with Crippen LogP contribution in [-0.4, -0.2) is 53.4 Å². The van der Waals surface area contributed by atoms with Crippen molar-refractivity contribution in [2.24, 2.45) is 0 Å². The predicted molar refractivity (Wildman–Crippen MR) is 86.2 cm³/mol. The molecule has 1 heterocycles. The second kappa shape index (κ2) is 7.14. The van der Waals surface area contributed by atoms with Crippen molar-refractivity contribution in [1.29, 1.82) is 0 Å². The molecule has 1 aromatic carbocycles. The Hall–Kier alpha value is -2.29. The number of carbonyl (C=O) groups excluding carboxylic acids is 2. The van der Waals surface area contributed by atoms with Crippen molar-refractivity contribution in [2.75, 3.05) is 13.1 Å². The van der Waals surface area contributed by atoms with Gasteiger partial charge in [-0.2, -0.15) is 13.2 Å². The average molecular weight is 371 g/mol. The fourth-order valence-electron chi connectivity index (χ4n) is 3.54. The van der Waals surface area contributed by atoms with Gasteiger partial charge in [0.15, 0.2) is 0 Å². The third-order valence-electron chi connectivity index (χ3n) is 4.70. The summed E-state index contributed by atoms with van der Waals surface area (Å²) in [4.78, 5) is 25.1. The molecule has 6 nitrogen and oxygen atoms in total. The molecule has 26 heavy (non-hydrogen) atoms. The number of halogens is 3. The highest BCUT2D eigenvalue weighted by atomic mass is 19.4. The molecule has 1 unspecified atom stereocenters. The second-order valence-electron chi connectivity index (χ2n) is 6.64. The number of fused-ring (bicyclic) bond motifs is 1. The number of likely N-dealkylation sites (tertiary alicyclic amines) is 1. The molecule has 1 aliphatic heterocycles. The van der Waals surface area contributed by atoms with Gasteiger partial charge in [0.2, 0.25) is 5.91 Å². The second-order valence-corrected chi connectivity index (χ2v) is 6.64. The predicted octanol–water partition coefficient (Wildman–Crippen LogP) is 1.50. The van der Waals surface area contributed by atoms with Gasteiger partial charge in [-0.3, -0.25) is 4.79 Å². The molecule has 0 saturated carbocycles. The summed E-state index contributed by atoms with van der Waals surface area (Å²) in [6.07, 6.45) is -4.20. The highest BCUT2D eigenvalue weighted by Gasteiger charge is 2.38. The third kappa shape index (κ3) is 4.09. The first kappa shape index (κ1) is 18.5. The lowest BCUT2D eigenvalue weighted by atomic mass is 10.0. The van der Waals surface area contributed by atoms with Crippen LogP contribution in [-0.2, 0) is 11.2 Å². The molecule has 1 aliphatic carbocycles. The van der Waals surface area contributed by atoms with Gasteiger partial charge in [0.05, 0.1) is 12.1 Å². The number of carbonyl (C=O) groups is 2. The highest BCUT2D eigenvalue weighted by Crippen LogP contribution is 2.31. The van der Waals surface area contributed by atoms with Gasteiger partial charge in [-0.05, 0) is 24.0 Å². The molecule has 9 heteroatoms. The number of aliphatic hydroxyl groups excluding tert-OH is 1. The Bertz CT molecular complexity index is 695. The van der Waals surface area contributed by atoms with Gasteiger partial charge in [-0.15, -0.1) is 0 Å². The Kier molecular flexibility index (Phi) is 5.08. The number of aliphatic hydroxyl groups is 1. The molecule has 1 saturated heterocycles. The Balaban J connectivity index is 1.60. The minimum Gasteiger partial charge on any atom is -0.390 e. The summed E-state index contributed by atoms with van der Waals surface area (Å²) in [5.41, 5.74) is 1.72. The lowest BCUT2D eigenvalue weighted by molar-refractivity contribution is -0.164. The van der Waals surface area contributed by atoms with Crippen LogP contribution in [0.5, 0.6) is 0 Å². The van der Waals surface area contributed by atoms with E-state index >= 15 is 0 Å². The molecule has 0 bridgehead atoms. The number of benzene rings is 1. The quantitative estimate of drug-likeness (QED) is 0.753. The molecule has 0 spiro atoms. The maximum absolute atomic E-state index is 12.5. The van der Waals surface area contributed by atoms with Crippen molar-refractivity contribution in [1.82, 2.24) is 15.5 Å². The van der Waals surface area contributed by atoms with Crippen LogP contribution in [0.3, 0.4) is 0 Å². The first-order valence-corrected chi connectivity index (χ1v) is 8.43. The number of amides is 3. The number of rotatable bonds is 3. The van der Waals surface area contributed by atoms with Gasteiger partial charge in [0.1, 0.15) is 12.6 Å². The largest absolute Gasteiger partial charge is 0.406 e. The van der Waals surface area contributed by atoms with Crippen molar-refractivity contribution >= 4 is 11.9 Å². The van der Waals surface area contributed by atoms with Crippen molar-refractivity contribution in [3.05, 3.63) is 35.4 Å². The van der Waals surface area contributed by atoms with Crippen molar-refractivity contribution < 1.29 is 27.9 Å². The van der Waals surface area contributed by atoms with Crippen LogP contribution in [0.1, 0.15) is 30.0 Å². The normalized spacial score (nSPS) is 25.8. The molecule has 3 atom stereocenters. The molecule has 3 amide bonds. The van der Waals surface area contributed by atoms with Crippen LogP contribution in [0.25, 0.3) is 0 Å². The van der Waals surface area contributed by atoms with Crippen LogP contribution in [0.4, 0.5) is 18.0 Å². The topological polar surface area (TPSA) is 81.7 Å². The third-order valence-corrected chi connectivity index (χ3v) is 4.70. The molecule has 142 valence electrons. The van der Waals surface area contributed by atoms with E-state index in [4.69, 9.17) is 0 Å². The van der Waals surface area contributed by atoms with Gasteiger partial charge in [0, 0.05) is 13.0 Å². The number of urea groups is 1. The molecular weight excluding hydrogens is 351 g/mol. The molecule has 0 radical (unpaired) electrons. The maximum atomic E-state index is 12.5. The van der Waals surface area contributed by atoms with Gasteiger partial charge in [-0.25, -0.2) is 4.79 Å². The summed E-state index contributed by atoms with van der Waals surface area (Å²) >= 11 is 0. The highest BCUT2D eigenvalue weighted by molar-refractivity contribution is 5.87. The minimum atomic E-state index is -4.47. The van der Waals surface area contributed by atoms with Gasteiger partial charge < -0.3 is 20.6 Å². The zero-order chi connectivity index (χ0) is 18.9. The molecule has 0 aromatic heterocycles. The van der Waals surface area contributed by atoms with Crippen molar-refractivity contribution in [3.8, 4) is 0 Å². The average Bonchev–Trinajstić information content (AvgIpc) is 2.86. The summed E-state index contributed by atoms with van der Waals surface area (Å²) in [6.45, 7) is -1.30. The Morgan fingerprint density at radius 2 is 2.00 bits per heavy atom. The number of piperidine rings is 1. The summed E-state index contributed by atoms with van der Waals surface area (Å²) in [6, 6.07) is 4.99. The monoisotopic (exact) mass is 371 g/mol. The van der Waals surface area contributed by atoms with Crippen LogP contribution in [0, 0.1) is 0 Å². The van der Waals surface area contributed by atoms with E-state index in [-0.39, 0.29) is 13.0 Å². The molecule has 3 N–H and O–H groups in total. The number of hydrogen-bond acceptors (Lipinski definition) is 3. The summed E-state index contributed by atoms with van der Waals surface area (Å²) < 4.78 is 37.6. The fourth-order valence-corrected chi connectivity index (χ4v) is 3.54. The van der Waals surface area contributed by atoms with Gasteiger partial charge >= 0.3 is 12.2 Å². The molecule has 1 aromatic rings. The zero-order valence-corrected chi connectivity index (χ0v) is 13.9. The van der Waals surface area contributed by atoms with Crippen LogP contribution < -0.4 is 10.6 Å². The smallest absolute Gasteiger partial charge is 0.390 e. The number of nitrogens with one attached hydrogen (secondary N) is 2. The fraction of sp³-hybridized carbons (Fsp3) is 0.529. The van der Waals surface area contributed by atoms with Crippen LogP contribution >= 0.6 is 0 Å². The molecular formula is C17H20F3N3O3. The first-order chi connectivity index (χ1) is 12.2. The van der Waals surface area contributed by atoms with E-state index in [9.17, 15) is 27.9 Å². The van der Waals surface area contributed by atoms with E-state index in [1.807, 2.05) is 12.1 Å². The maximum Gasteiger partial charge on any atom is 0.406 e. The lowest BCUT2D eigenvalue weighted by Crippen LogP contribution is -2.56. The number of nitrogens with zero attached hydrogens (tertiary/aromatic N) is 1. The Morgan fingerprint density at radius 1 is 1.27 bits per heavy atom. The summed E-state index contributed by atoms with van der Waals surface area (Å²) in [5.74, 6) is -0.740. The van der Waals surface area contributed by atoms with Crippen LogP contribution in [0.2, 0.25) is 0 Å². The van der Waals surface area contributed by atoms with E-state index in [1.165, 1.54) is 0 Å². The van der Waals surface area contributed by atoms with E-state index in [0.29, 0.717) is 17.7 Å². The standard InChI is InChI=1S/C17H20F3N3O3/c18-17(19,20)9-23-7-3-6-12(15(23)25)21-16(26)22-14-11-5-2-1-4-10(11)8-13(14)24/h1-2,4-5,12-14,24H,3,6-9H2,(H2,21,22,26)/t12?,13-,14+/m1/s1. The number of hydrogen-bond donors (Lipinski definition) is 3. The van der Waals surface area contributed by atoms with Gasteiger partial charge in [-0.1, -0.05) is 24.3 Å². The molecule has 3 rings (SSSR count). The SMILES string of the molecule is O=C(NC1CCCN(CC(F)(F)F)C1=O)N[C@H]1c2ccccc2C[C@H]1O. The van der Waals surface area contributed by atoms with Crippen molar-refractivity contribution in [2.45, 2.75) is 43.6 Å². The van der Waals surface area contributed by atoms with E-state index in [2.05, 4.69) is 10.6 Å². The summed E-state index contributed by atoms with van der Waals surface area (Å²) in [7, 11) is 0. The van der Waals surface area contributed by atoms with Gasteiger partial charge in [0.25, 0.3) is 0 Å².